The maximum Gasteiger partial charge on any atom is 0.306 e. The first kappa shape index (κ1) is 35.2. The number of phenols is 2. The number of aromatic hydroxyl groups is 2. The van der Waals surface area contributed by atoms with Gasteiger partial charge in [-0.3, -0.25) is 20.2 Å². The number of aliphatic hydroxyl groups excluding tert-OH is 1. The summed E-state index contributed by atoms with van der Waals surface area (Å²) in [6, 6.07) is 4.40. The van der Waals surface area contributed by atoms with Gasteiger partial charge in [-0.2, -0.15) is 0 Å². The third-order valence-corrected chi connectivity index (χ3v) is 7.00. The first-order valence-electron chi connectivity index (χ1n) is 14.4. The Bertz CT molecular complexity index is 1040. The third kappa shape index (κ3) is 9.80. The molecule has 238 valence electrons. The highest BCUT2D eigenvalue weighted by atomic mass is 16.8. The average molecular weight is 599 g/mol. The molecule has 1 aliphatic heterocycles. The van der Waals surface area contributed by atoms with Gasteiger partial charge in [0.2, 0.25) is 6.29 Å². The summed E-state index contributed by atoms with van der Waals surface area (Å²) in [6.07, 6.45) is -4.80. The number of hydrogen-bond acceptors (Lipinski definition) is 13. The standard InChI is InChI=1S/C29H46N2O11/c1-6-9-22(34)39-21-16-38-27(26(41-24(36)11-8-3)25(21)40-23(35)10-7-2)42-28(37)29(5,31-30)15-17(4)18-12-13-19(32)20(33)14-18/h12-14,17,21,25-28,31-33,37H,6-11,15-16,30H2,1-5H3/t17?,21-,25+,26-,27?,28?,29+/m1/s1. The van der Waals surface area contributed by atoms with Gasteiger partial charge in [-0.25, -0.2) is 5.43 Å². The van der Waals surface area contributed by atoms with Crippen molar-refractivity contribution in [2.24, 2.45) is 5.84 Å². The van der Waals surface area contributed by atoms with Gasteiger partial charge in [-0.05, 0) is 56.2 Å². The highest BCUT2D eigenvalue weighted by molar-refractivity contribution is 5.71. The normalized spacial score (nSPS) is 23.3. The lowest BCUT2D eigenvalue weighted by molar-refractivity contribution is -0.323. The number of ether oxygens (including phenoxy) is 5. The Morgan fingerprint density at radius 2 is 1.52 bits per heavy atom. The minimum Gasteiger partial charge on any atom is -0.504 e. The van der Waals surface area contributed by atoms with E-state index in [0.717, 1.165) is 0 Å². The molecule has 1 aromatic carbocycles. The number of carbonyl (C=O) groups is 3. The summed E-state index contributed by atoms with van der Waals surface area (Å²) in [6.45, 7) is 8.58. The topological polar surface area (TPSA) is 196 Å². The van der Waals surface area contributed by atoms with E-state index in [2.05, 4.69) is 5.43 Å². The van der Waals surface area contributed by atoms with Crippen molar-refractivity contribution >= 4 is 17.9 Å². The number of carbonyl (C=O) groups excluding carboxylic acids is 3. The van der Waals surface area contributed by atoms with E-state index in [-0.39, 0.29) is 49.7 Å². The molecule has 42 heavy (non-hydrogen) atoms. The summed E-state index contributed by atoms with van der Waals surface area (Å²) in [5.74, 6) is 3.27. The molecule has 0 bridgehead atoms. The minimum atomic E-state index is -1.64. The smallest absolute Gasteiger partial charge is 0.306 e. The Morgan fingerprint density at radius 3 is 2.05 bits per heavy atom. The summed E-state index contributed by atoms with van der Waals surface area (Å²) in [5.41, 5.74) is 1.94. The molecule has 2 rings (SSSR count). The molecule has 0 spiro atoms. The van der Waals surface area contributed by atoms with Gasteiger partial charge in [0.15, 0.2) is 36.1 Å². The zero-order valence-electron chi connectivity index (χ0n) is 25.0. The minimum absolute atomic E-state index is 0.0563. The van der Waals surface area contributed by atoms with Crippen LogP contribution in [0.15, 0.2) is 18.2 Å². The van der Waals surface area contributed by atoms with Crippen LogP contribution in [0.3, 0.4) is 0 Å². The molecule has 6 N–H and O–H groups in total. The van der Waals surface area contributed by atoms with Crippen molar-refractivity contribution in [3.8, 4) is 11.5 Å². The van der Waals surface area contributed by atoms with Crippen molar-refractivity contribution in [3.63, 3.8) is 0 Å². The summed E-state index contributed by atoms with van der Waals surface area (Å²) >= 11 is 0. The second-order valence-electron chi connectivity index (χ2n) is 10.8. The number of nitrogens with one attached hydrogen (secondary N) is 1. The zero-order valence-corrected chi connectivity index (χ0v) is 25.0. The summed E-state index contributed by atoms with van der Waals surface area (Å²) in [4.78, 5) is 37.5. The van der Waals surface area contributed by atoms with Crippen LogP contribution in [0, 0.1) is 0 Å². The molecule has 0 aromatic heterocycles. The summed E-state index contributed by atoms with van der Waals surface area (Å²) < 4.78 is 28.5. The van der Waals surface area contributed by atoms with Crippen molar-refractivity contribution in [1.29, 1.82) is 0 Å². The number of aliphatic hydroxyl groups is 1. The van der Waals surface area contributed by atoms with Crippen LogP contribution in [-0.2, 0) is 38.1 Å². The molecular formula is C29H46N2O11. The molecule has 0 saturated carbocycles. The predicted octanol–water partition coefficient (Wildman–Crippen LogP) is 2.64. The molecule has 1 aromatic rings. The van der Waals surface area contributed by atoms with E-state index < -0.39 is 54.3 Å². The summed E-state index contributed by atoms with van der Waals surface area (Å²) in [5, 5.41) is 30.8. The molecule has 13 heteroatoms. The van der Waals surface area contributed by atoms with E-state index in [9.17, 15) is 29.7 Å². The van der Waals surface area contributed by atoms with Crippen LogP contribution in [-0.4, -0.2) is 76.3 Å². The number of phenolic OH excluding ortho intramolecular Hbond substituents is 2. The number of benzene rings is 1. The fraction of sp³-hybridized carbons (Fsp3) is 0.690. The van der Waals surface area contributed by atoms with Gasteiger partial charge in [0.05, 0.1) is 12.1 Å². The highest BCUT2D eigenvalue weighted by Gasteiger charge is 2.50. The van der Waals surface area contributed by atoms with Crippen LogP contribution >= 0.6 is 0 Å². The number of hydrazine groups is 1. The van der Waals surface area contributed by atoms with Crippen LogP contribution < -0.4 is 11.3 Å². The molecule has 1 aliphatic rings. The van der Waals surface area contributed by atoms with E-state index >= 15 is 0 Å². The predicted molar refractivity (Wildman–Crippen MR) is 150 cm³/mol. The van der Waals surface area contributed by atoms with Crippen molar-refractivity contribution in [3.05, 3.63) is 23.8 Å². The lowest BCUT2D eigenvalue weighted by atomic mass is 9.85. The van der Waals surface area contributed by atoms with E-state index in [0.29, 0.717) is 24.8 Å². The maximum atomic E-state index is 12.6. The van der Waals surface area contributed by atoms with Crippen LogP contribution in [0.2, 0.25) is 0 Å². The average Bonchev–Trinajstić information content (AvgIpc) is 2.93. The van der Waals surface area contributed by atoms with Crippen LogP contribution in [0.1, 0.15) is 91.0 Å². The largest absolute Gasteiger partial charge is 0.504 e. The monoisotopic (exact) mass is 598 g/mol. The van der Waals surface area contributed by atoms with Gasteiger partial charge in [0.1, 0.15) is 0 Å². The SMILES string of the molecule is CCCC(=O)O[C@H]1[C@H](OC(=O)CCC)COC(OC(O)[C@](C)(CC(C)c2ccc(O)c(O)c2)NN)[C@@H]1OC(=O)CCC. The molecule has 0 amide bonds. The van der Waals surface area contributed by atoms with Crippen molar-refractivity contribution < 1.29 is 53.4 Å². The van der Waals surface area contributed by atoms with E-state index in [1.807, 2.05) is 13.8 Å². The van der Waals surface area contributed by atoms with Crippen LogP contribution in [0.5, 0.6) is 11.5 Å². The van der Waals surface area contributed by atoms with Crippen LogP contribution in [0.25, 0.3) is 0 Å². The van der Waals surface area contributed by atoms with Crippen molar-refractivity contribution in [2.45, 2.75) is 122 Å². The maximum absolute atomic E-state index is 12.6. The molecule has 1 fully saturated rings. The molecule has 1 heterocycles. The Hall–Kier alpha value is -2.97. The number of nitrogens with two attached hydrogens (primary N) is 1. The first-order valence-corrected chi connectivity index (χ1v) is 14.4. The van der Waals surface area contributed by atoms with Crippen LogP contribution in [0.4, 0.5) is 0 Å². The Labute approximate surface area is 246 Å². The third-order valence-electron chi connectivity index (χ3n) is 7.00. The van der Waals surface area contributed by atoms with Gasteiger partial charge in [0, 0.05) is 19.3 Å². The van der Waals surface area contributed by atoms with Gasteiger partial charge >= 0.3 is 17.9 Å². The second-order valence-corrected chi connectivity index (χ2v) is 10.8. The van der Waals surface area contributed by atoms with Gasteiger partial charge in [-0.15, -0.1) is 0 Å². The molecule has 7 atom stereocenters. The lowest BCUT2D eigenvalue weighted by Gasteiger charge is -2.43. The zero-order chi connectivity index (χ0) is 31.4. The number of rotatable bonds is 16. The Morgan fingerprint density at radius 1 is 0.976 bits per heavy atom. The molecule has 0 radical (unpaired) electrons. The molecule has 3 unspecified atom stereocenters. The fourth-order valence-corrected chi connectivity index (χ4v) is 4.60. The van der Waals surface area contributed by atoms with Gasteiger partial charge < -0.3 is 39.0 Å². The second kappa shape index (κ2) is 16.6. The van der Waals surface area contributed by atoms with Gasteiger partial charge in [-0.1, -0.05) is 33.8 Å². The lowest BCUT2D eigenvalue weighted by Crippen LogP contribution is -2.62. The number of hydrogen-bond donors (Lipinski definition) is 5. The van der Waals surface area contributed by atoms with Crippen molar-refractivity contribution in [1.82, 2.24) is 5.43 Å². The Balaban J connectivity index is 2.34. The fourth-order valence-electron chi connectivity index (χ4n) is 4.60. The molecular weight excluding hydrogens is 552 g/mol. The number of esters is 3. The summed E-state index contributed by atoms with van der Waals surface area (Å²) in [7, 11) is 0. The van der Waals surface area contributed by atoms with E-state index in [1.54, 1.807) is 26.8 Å². The Kier molecular flexibility index (Phi) is 13.9. The molecule has 13 nitrogen and oxygen atoms in total. The van der Waals surface area contributed by atoms with E-state index in [1.165, 1.54) is 12.1 Å². The quantitative estimate of drug-likeness (QED) is 0.0465. The molecule has 1 saturated heterocycles. The van der Waals surface area contributed by atoms with Gasteiger partial charge in [0.25, 0.3) is 0 Å². The molecule has 0 aliphatic carbocycles. The van der Waals surface area contributed by atoms with Crippen molar-refractivity contribution in [2.75, 3.05) is 6.61 Å². The highest BCUT2D eigenvalue weighted by Crippen LogP contribution is 2.34. The first-order chi connectivity index (χ1) is 19.9. The van der Waals surface area contributed by atoms with E-state index in [4.69, 9.17) is 29.5 Å².